The van der Waals surface area contributed by atoms with Crippen molar-refractivity contribution in [1.82, 2.24) is 0 Å². The van der Waals surface area contributed by atoms with Crippen molar-refractivity contribution in [3.05, 3.63) is 64.2 Å². The van der Waals surface area contributed by atoms with Crippen LogP contribution in [0.25, 0.3) is 0 Å². The Morgan fingerprint density at radius 3 is 2.45 bits per heavy atom. The van der Waals surface area contributed by atoms with Crippen molar-refractivity contribution in [3.63, 3.8) is 0 Å². The summed E-state index contributed by atoms with van der Waals surface area (Å²) in [4.78, 5) is 11.4. The minimum atomic E-state index is -0.504. The smallest absolute Gasteiger partial charge is 0.163 e. The molecular formula is C15H11ClF2O2. The number of rotatable bonds is 4. The van der Waals surface area contributed by atoms with Crippen LogP contribution in [0, 0.1) is 11.6 Å². The second kappa shape index (κ2) is 6.01. The lowest BCUT2D eigenvalue weighted by molar-refractivity contribution is 0.101. The molecule has 0 aliphatic rings. The van der Waals surface area contributed by atoms with E-state index in [9.17, 15) is 13.6 Å². The summed E-state index contributed by atoms with van der Waals surface area (Å²) in [6, 6.07) is 7.58. The fourth-order valence-electron chi connectivity index (χ4n) is 1.70. The highest BCUT2D eigenvalue weighted by Crippen LogP contribution is 2.24. The van der Waals surface area contributed by atoms with Crippen LogP contribution in [-0.2, 0) is 6.61 Å². The maximum atomic E-state index is 13.2. The van der Waals surface area contributed by atoms with E-state index in [0.717, 1.165) is 12.1 Å². The van der Waals surface area contributed by atoms with Crippen LogP contribution >= 0.6 is 11.6 Å². The Morgan fingerprint density at radius 1 is 1.15 bits per heavy atom. The van der Waals surface area contributed by atoms with Crippen molar-refractivity contribution in [2.45, 2.75) is 13.5 Å². The van der Waals surface area contributed by atoms with E-state index in [1.165, 1.54) is 31.2 Å². The average molecular weight is 297 g/mol. The molecule has 5 heteroatoms. The number of benzene rings is 2. The van der Waals surface area contributed by atoms with Crippen molar-refractivity contribution in [2.75, 3.05) is 0 Å². The lowest BCUT2D eigenvalue weighted by Gasteiger charge is -2.11. The van der Waals surface area contributed by atoms with Crippen LogP contribution in [0.5, 0.6) is 5.75 Å². The van der Waals surface area contributed by atoms with Gasteiger partial charge in [0, 0.05) is 11.6 Å². The lowest BCUT2D eigenvalue weighted by atomic mass is 10.1. The number of carbonyl (C=O) groups is 1. The molecule has 104 valence electrons. The summed E-state index contributed by atoms with van der Waals surface area (Å²) in [5.41, 5.74) is 0.830. The van der Waals surface area contributed by atoms with E-state index >= 15 is 0 Å². The highest BCUT2D eigenvalue weighted by Gasteiger charge is 2.11. The van der Waals surface area contributed by atoms with Crippen LogP contribution < -0.4 is 4.74 Å². The Bertz CT molecular complexity index is 656. The molecule has 0 N–H and O–H groups in total. The molecule has 0 aliphatic carbocycles. The van der Waals surface area contributed by atoms with Crippen LogP contribution in [0.1, 0.15) is 22.8 Å². The number of Topliss-reactive ketones (excluding diaryl/α,β-unsaturated/α-hetero) is 1. The van der Waals surface area contributed by atoms with Crippen molar-refractivity contribution in [1.29, 1.82) is 0 Å². The van der Waals surface area contributed by atoms with Gasteiger partial charge in [0.15, 0.2) is 5.78 Å². The molecule has 0 spiro atoms. The normalized spacial score (nSPS) is 10.4. The van der Waals surface area contributed by atoms with Crippen LogP contribution in [0.15, 0.2) is 36.4 Å². The Hall–Kier alpha value is -1.94. The third kappa shape index (κ3) is 3.33. The van der Waals surface area contributed by atoms with E-state index in [2.05, 4.69) is 0 Å². The van der Waals surface area contributed by atoms with E-state index in [4.69, 9.17) is 16.3 Å². The van der Waals surface area contributed by atoms with Gasteiger partial charge < -0.3 is 4.74 Å². The topological polar surface area (TPSA) is 26.3 Å². The van der Waals surface area contributed by atoms with Gasteiger partial charge in [-0.1, -0.05) is 17.7 Å². The summed E-state index contributed by atoms with van der Waals surface area (Å²) in [5.74, 6) is -1.05. The number of carbonyl (C=O) groups excluding carboxylic acids is 1. The first-order valence-electron chi connectivity index (χ1n) is 5.84. The molecule has 0 atom stereocenters. The number of ether oxygens (including phenoxy) is 1. The van der Waals surface area contributed by atoms with Crippen LogP contribution in [0.2, 0.25) is 5.02 Å². The monoisotopic (exact) mass is 296 g/mol. The average Bonchev–Trinajstić information content (AvgIpc) is 2.37. The van der Waals surface area contributed by atoms with Gasteiger partial charge in [0.25, 0.3) is 0 Å². The van der Waals surface area contributed by atoms with Crippen LogP contribution in [0.3, 0.4) is 0 Å². The maximum Gasteiger partial charge on any atom is 0.163 e. The molecule has 20 heavy (non-hydrogen) atoms. The molecule has 0 bridgehead atoms. The number of ketones is 1. The number of halogens is 3. The van der Waals surface area contributed by atoms with Crippen molar-refractivity contribution < 1.29 is 18.3 Å². The second-order valence-electron chi connectivity index (χ2n) is 4.22. The predicted octanol–water partition coefficient (Wildman–Crippen LogP) is 4.40. The summed E-state index contributed by atoms with van der Waals surface area (Å²) in [6.07, 6.45) is 0. The van der Waals surface area contributed by atoms with Gasteiger partial charge in [-0.3, -0.25) is 4.79 Å². The zero-order valence-corrected chi connectivity index (χ0v) is 11.4. The summed E-state index contributed by atoms with van der Waals surface area (Å²) in [6.45, 7) is 1.38. The summed E-state index contributed by atoms with van der Waals surface area (Å²) in [7, 11) is 0. The van der Waals surface area contributed by atoms with Gasteiger partial charge in [-0.15, -0.1) is 0 Å². The van der Waals surface area contributed by atoms with Gasteiger partial charge in [0.1, 0.15) is 24.0 Å². The van der Waals surface area contributed by atoms with E-state index in [-0.39, 0.29) is 28.7 Å². The Balaban J connectivity index is 2.22. The van der Waals surface area contributed by atoms with Gasteiger partial charge >= 0.3 is 0 Å². The SMILES string of the molecule is CC(=O)c1ccc(F)cc1OCc1ccc(F)cc1Cl. The minimum Gasteiger partial charge on any atom is -0.488 e. The summed E-state index contributed by atoms with van der Waals surface area (Å²) < 4.78 is 31.5. The Morgan fingerprint density at radius 2 is 1.80 bits per heavy atom. The fraction of sp³-hybridized carbons (Fsp3) is 0.133. The van der Waals surface area contributed by atoms with E-state index < -0.39 is 11.6 Å². The molecule has 0 aliphatic heterocycles. The standard InChI is InChI=1S/C15H11ClF2O2/c1-9(19)13-5-4-12(18)7-15(13)20-8-10-2-3-11(17)6-14(10)16/h2-7H,8H2,1H3. The second-order valence-corrected chi connectivity index (χ2v) is 4.63. The first-order valence-corrected chi connectivity index (χ1v) is 6.22. The molecule has 0 saturated heterocycles. The van der Waals surface area contributed by atoms with Crippen molar-refractivity contribution in [2.24, 2.45) is 0 Å². The Labute approximate surface area is 119 Å². The lowest BCUT2D eigenvalue weighted by Crippen LogP contribution is -2.02. The van der Waals surface area contributed by atoms with Gasteiger partial charge in [0.2, 0.25) is 0 Å². The minimum absolute atomic E-state index is 0.0167. The first-order chi connectivity index (χ1) is 9.47. The molecule has 0 unspecified atom stereocenters. The molecule has 0 heterocycles. The van der Waals surface area contributed by atoms with Crippen molar-refractivity contribution >= 4 is 17.4 Å². The number of hydrogen-bond acceptors (Lipinski definition) is 2. The molecule has 2 nitrogen and oxygen atoms in total. The van der Waals surface area contributed by atoms with Crippen molar-refractivity contribution in [3.8, 4) is 5.75 Å². The largest absolute Gasteiger partial charge is 0.488 e. The Kier molecular flexibility index (Phi) is 4.35. The van der Waals surface area contributed by atoms with Crippen LogP contribution in [-0.4, -0.2) is 5.78 Å². The van der Waals surface area contributed by atoms with Gasteiger partial charge in [-0.25, -0.2) is 8.78 Å². The fourth-order valence-corrected chi connectivity index (χ4v) is 1.92. The number of hydrogen-bond donors (Lipinski definition) is 0. The van der Waals surface area contributed by atoms with Crippen LogP contribution in [0.4, 0.5) is 8.78 Å². The van der Waals surface area contributed by atoms with E-state index in [1.54, 1.807) is 0 Å². The molecule has 2 rings (SSSR count). The van der Waals surface area contributed by atoms with Gasteiger partial charge in [0.05, 0.1) is 10.6 Å². The molecular weight excluding hydrogens is 286 g/mol. The predicted molar refractivity (Wildman–Crippen MR) is 72.1 cm³/mol. The van der Waals surface area contributed by atoms with E-state index in [1.807, 2.05) is 0 Å². The zero-order chi connectivity index (χ0) is 14.7. The molecule has 2 aromatic rings. The maximum absolute atomic E-state index is 13.2. The molecule has 0 radical (unpaired) electrons. The highest BCUT2D eigenvalue weighted by atomic mass is 35.5. The molecule has 0 aromatic heterocycles. The zero-order valence-electron chi connectivity index (χ0n) is 10.6. The quantitative estimate of drug-likeness (QED) is 0.782. The van der Waals surface area contributed by atoms with E-state index in [0.29, 0.717) is 5.56 Å². The third-order valence-electron chi connectivity index (χ3n) is 2.72. The molecule has 0 amide bonds. The van der Waals surface area contributed by atoms with Gasteiger partial charge in [-0.05, 0) is 31.2 Å². The molecule has 0 saturated carbocycles. The first kappa shape index (κ1) is 14.5. The summed E-state index contributed by atoms with van der Waals surface area (Å²) in [5, 5.41) is 0.214. The molecule has 0 fully saturated rings. The molecule has 2 aromatic carbocycles. The summed E-state index contributed by atoms with van der Waals surface area (Å²) >= 11 is 5.87. The highest BCUT2D eigenvalue weighted by molar-refractivity contribution is 6.31. The van der Waals surface area contributed by atoms with Gasteiger partial charge in [-0.2, -0.15) is 0 Å². The third-order valence-corrected chi connectivity index (χ3v) is 3.07.